The fourth-order valence-corrected chi connectivity index (χ4v) is 3.12. The number of ether oxygens (including phenoxy) is 1. The van der Waals surface area contributed by atoms with Gasteiger partial charge in [0.1, 0.15) is 21.2 Å². The van der Waals surface area contributed by atoms with E-state index in [9.17, 15) is 18.0 Å². The van der Waals surface area contributed by atoms with Crippen molar-refractivity contribution in [2.24, 2.45) is 5.73 Å². The van der Waals surface area contributed by atoms with Crippen molar-refractivity contribution in [3.63, 3.8) is 0 Å². The van der Waals surface area contributed by atoms with E-state index in [1.165, 1.54) is 30.5 Å². The van der Waals surface area contributed by atoms with E-state index in [4.69, 9.17) is 16.2 Å². The van der Waals surface area contributed by atoms with Crippen LogP contribution in [0.25, 0.3) is 10.2 Å². The Morgan fingerprint density at radius 2 is 1.88 bits per heavy atom. The maximum atomic E-state index is 13.1. The number of thiophene rings is 1. The van der Waals surface area contributed by atoms with Crippen molar-refractivity contribution >= 4 is 33.1 Å². The number of carbonyl (C=O) groups is 1. The van der Waals surface area contributed by atoms with Crippen LogP contribution in [0, 0.1) is 0 Å². The first-order valence-corrected chi connectivity index (χ1v) is 7.41. The second-order valence-electron chi connectivity index (χ2n) is 4.79. The Morgan fingerprint density at radius 1 is 1.17 bits per heavy atom. The number of pyridine rings is 1. The second kappa shape index (κ2) is 5.68. The van der Waals surface area contributed by atoms with Gasteiger partial charge in [-0.15, -0.1) is 11.3 Å². The number of nitrogen functional groups attached to an aromatic ring is 1. The first-order chi connectivity index (χ1) is 11.3. The molecule has 124 valence electrons. The summed E-state index contributed by atoms with van der Waals surface area (Å²) in [6, 6.07) is 6.19. The fraction of sp³-hybridized carbons (Fsp3) is 0.0667. The van der Waals surface area contributed by atoms with Gasteiger partial charge in [-0.1, -0.05) is 12.1 Å². The van der Waals surface area contributed by atoms with Crippen LogP contribution in [0.4, 0.5) is 18.9 Å². The van der Waals surface area contributed by atoms with Gasteiger partial charge in [0.15, 0.2) is 0 Å². The second-order valence-corrected chi connectivity index (χ2v) is 5.79. The summed E-state index contributed by atoms with van der Waals surface area (Å²) in [7, 11) is 0. The van der Waals surface area contributed by atoms with Crippen LogP contribution in [0.5, 0.6) is 11.5 Å². The molecule has 2 heterocycles. The zero-order valence-electron chi connectivity index (χ0n) is 11.9. The average molecular weight is 353 g/mol. The Bertz CT molecular complexity index is 937. The monoisotopic (exact) mass is 353 g/mol. The number of halogens is 3. The highest BCUT2D eigenvalue weighted by Crippen LogP contribution is 2.42. The standard InChI is InChI=1S/C15H10F3N3O2S/c16-15(17,18)7-3-1-2-4-8(7)23-9-5-6-21-14-10(9)11(19)12(24-14)13(20)22/h1-6H,19H2,(H2,20,22). The van der Waals surface area contributed by atoms with Gasteiger partial charge in [-0.05, 0) is 18.2 Å². The van der Waals surface area contributed by atoms with Crippen molar-refractivity contribution in [1.82, 2.24) is 4.98 Å². The summed E-state index contributed by atoms with van der Waals surface area (Å²) in [5.74, 6) is -1.04. The van der Waals surface area contributed by atoms with Crippen LogP contribution in [0.2, 0.25) is 0 Å². The van der Waals surface area contributed by atoms with Gasteiger partial charge in [0, 0.05) is 6.20 Å². The molecule has 0 saturated heterocycles. The lowest BCUT2D eigenvalue weighted by Gasteiger charge is -2.14. The molecule has 0 fully saturated rings. The number of alkyl halides is 3. The predicted molar refractivity (Wildman–Crippen MR) is 84.1 cm³/mol. The van der Waals surface area contributed by atoms with Crippen molar-refractivity contribution in [2.75, 3.05) is 5.73 Å². The summed E-state index contributed by atoms with van der Waals surface area (Å²) in [4.78, 5) is 15.9. The predicted octanol–water partition coefficient (Wildman–Crippen LogP) is 3.79. The van der Waals surface area contributed by atoms with Crippen molar-refractivity contribution < 1.29 is 22.7 Å². The number of carbonyl (C=O) groups excluding carboxylic acids is 1. The van der Waals surface area contributed by atoms with Crippen LogP contribution in [0.3, 0.4) is 0 Å². The highest BCUT2D eigenvalue weighted by atomic mass is 32.1. The number of nitrogens with two attached hydrogens (primary N) is 2. The minimum absolute atomic E-state index is 0.0371. The summed E-state index contributed by atoms with van der Waals surface area (Å²) in [6.07, 6.45) is -3.21. The molecule has 4 N–H and O–H groups in total. The maximum Gasteiger partial charge on any atom is 0.419 e. The number of para-hydroxylation sites is 1. The lowest BCUT2D eigenvalue weighted by molar-refractivity contribution is -0.138. The number of rotatable bonds is 3. The number of hydrogen-bond acceptors (Lipinski definition) is 5. The van der Waals surface area contributed by atoms with Gasteiger partial charge >= 0.3 is 6.18 Å². The fourth-order valence-electron chi connectivity index (χ4n) is 2.19. The third-order valence-electron chi connectivity index (χ3n) is 3.23. The zero-order valence-corrected chi connectivity index (χ0v) is 12.7. The van der Waals surface area contributed by atoms with Gasteiger partial charge in [0.05, 0.1) is 16.6 Å². The molecule has 5 nitrogen and oxygen atoms in total. The SMILES string of the molecule is NC(=O)c1sc2nccc(Oc3ccccc3C(F)(F)F)c2c1N. The molecule has 0 radical (unpaired) electrons. The number of fused-ring (bicyclic) bond motifs is 1. The highest BCUT2D eigenvalue weighted by Gasteiger charge is 2.34. The third-order valence-corrected chi connectivity index (χ3v) is 4.35. The normalized spacial score (nSPS) is 11.6. The lowest BCUT2D eigenvalue weighted by atomic mass is 10.2. The largest absolute Gasteiger partial charge is 0.456 e. The van der Waals surface area contributed by atoms with Crippen LogP contribution in [0.1, 0.15) is 15.2 Å². The third kappa shape index (κ3) is 2.73. The summed E-state index contributed by atoms with van der Waals surface area (Å²) in [6.45, 7) is 0. The molecule has 0 bridgehead atoms. The molecule has 0 aliphatic heterocycles. The first kappa shape index (κ1) is 16.1. The molecule has 0 unspecified atom stereocenters. The molecule has 1 aromatic carbocycles. The molecule has 0 aliphatic rings. The van der Waals surface area contributed by atoms with Crippen molar-refractivity contribution in [3.8, 4) is 11.5 Å². The number of hydrogen-bond donors (Lipinski definition) is 2. The van der Waals surface area contributed by atoms with Gasteiger partial charge in [0.25, 0.3) is 5.91 Å². The minimum Gasteiger partial charge on any atom is -0.456 e. The van der Waals surface area contributed by atoms with Gasteiger partial charge in [-0.3, -0.25) is 4.79 Å². The number of primary amides is 1. The number of aromatic nitrogens is 1. The summed E-state index contributed by atoms with van der Waals surface area (Å²) in [5.41, 5.74) is 10.2. The number of benzene rings is 1. The lowest BCUT2D eigenvalue weighted by Crippen LogP contribution is -2.10. The van der Waals surface area contributed by atoms with E-state index < -0.39 is 17.6 Å². The highest BCUT2D eigenvalue weighted by molar-refractivity contribution is 7.21. The van der Waals surface area contributed by atoms with E-state index in [-0.39, 0.29) is 27.4 Å². The van der Waals surface area contributed by atoms with E-state index in [0.717, 1.165) is 17.4 Å². The molecule has 0 saturated carbocycles. The van der Waals surface area contributed by atoms with Gasteiger partial charge in [0.2, 0.25) is 0 Å². The smallest absolute Gasteiger partial charge is 0.419 e. The summed E-state index contributed by atoms with van der Waals surface area (Å²) >= 11 is 0.954. The summed E-state index contributed by atoms with van der Waals surface area (Å²) in [5, 5.41) is 0.258. The molecule has 0 aliphatic carbocycles. The average Bonchev–Trinajstić information content (AvgIpc) is 2.85. The van der Waals surface area contributed by atoms with E-state index in [0.29, 0.717) is 4.83 Å². The van der Waals surface area contributed by atoms with Crippen LogP contribution in [-0.4, -0.2) is 10.9 Å². The van der Waals surface area contributed by atoms with Crippen LogP contribution < -0.4 is 16.2 Å². The number of nitrogens with zero attached hydrogens (tertiary/aromatic N) is 1. The molecule has 0 atom stereocenters. The molecule has 3 aromatic rings. The Morgan fingerprint density at radius 3 is 2.54 bits per heavy atom. The maximum absolute atomic E-state index is 13.1. The van der Waals surface area contributed by atoms with Crippen LogP contribution in [-0.2, 0) is 6.18 Å². The molecule has 2 aromatic heterocycles. The molecule has 0 spiro atoms. The van der Waals surface area contributed by atoms with E-state index in [1.807, 2.05) is 0 Å². The van der Waals surface area contributed by atoms with Gasteiger partial charge in [-0.25, -0.2) is 4.98 Å². The summed E-state index contributed by atoms with van der Waals surface area (Å²) < 4.78 is 44.7. The van der Waals surface area contributed by atoms with Crippen molar-refractivity contribution in [2.45, 2.75) is 6.18 Å². The van der Waals surface area contributed by atoms with E-state index in [1.54, 1.807) is 0 Å². The molecule has 24 heavy (non-hydrogen) atoms. The molecule has 1 amide bonds. The van der Waals surface area contributed by atoms with Crippen molar-refractivity contribution in [3.05, 3.63) is 47.0 Å². The number of anilines is 1. The molecule has 9 heteroatoms. The first-order valence-electron chi connectivity index (χ1n) is 6.60. The van der Waals surface area contributed by atoms with Crippen LogP contribution >= 0.6 is 11.3 Å². The Labute approximate surface area is 137 Å². The van der Waals surface area contributed by atoms with E-state index in [2.05, 4.69) is 4.98 Å². The topological polar surface area (TPSA) is 91.2 Å². The van der Waals surface area contributed by atoms with Gasteiger partial charge < -0.3 is 16.2 Å². The van der Waals surface area contributed by atoms with Gasteiger partial charge in [-0.2, -0.15) is 13.2 Å². The number of amides is 1. The molecular weight excluding hydrogens is 343 g/mol. The van der Waals surface area contributed by atoms with Crippen LogP contribution in [0.15, 0.2) is 36.5 Å². The molecular formula is C15H10F3N3O2S. The Hall–Kier alpha value is -2.81. The van der Waals surface area contributed by atoms with Crippen molar-refractivity contribution in [1.29, 1.82) is 0 Å². The Balaban J connectivity index is 2.14. The quantitative estimate of drug-likeness (QED) is 0.749. The molecule has 3 rings (SSSR count). The zero-order chi connectivity index (χ0) is 17.5. The van der Waals surface area contributed by atoms with E-state index >= 15 is 0 Å². The minimum atomic E-state index is -4.57. The Kier molecular flexibility index (Phi) is 3.80.